The first-order valence-electron chi connectivity index (χ1n) is 8.36. The summed E-state index contributed by atoms with van der Waals surface area (Å²) in [6.45, 7) is 4.29. The van der Waals surface area contributed by atoms with E-state index in [-0.39, 0.29) is 11.7 Å². The number of para-hydroxylation sites is 1. The van der Waals surface area contributed by atoms with E-state index < -0.39 is 0 Å². The van der Waals surface area contributed by atoms with Gasteiger partial charge in [0.25, 0.3) is 0 Å². The van der Waals surface area contributed by atoms with Crippen molar-refractivity contribution in [3.63, 3.8) is 0 Å². The van der Waals surface area contributed by atoms with Crippen LogP contribution in [0.15, 0.2) is 46.9 Å². The highest BCUT2D eigenvalue weighted by atomic mass is 32.2. The minimum atomic E-state index is -0.0913. The summed E-state index contributed by atoms with van der Waals surface area (Å²) < 4.78 is 1.43. The average Bonchev–Trinajstić information content (AvgIpc) is 3.29. The molecule has 1 atom stereocenters. The van der Waals surface area contributed by atoms with Crippen molar-refractivity contribution in [2.45, 2.75) is 31.3 Å². The number of hydrogen-bond donors (Lipinski definition) is 2. The molecule has 0 aliphatic heterocycles. The number of carbonyl (C=O) groups excluding carboxylic acids is 1. The van der Waals surface area contributed by atoms with Gasteiger partial charge in [0, 0.05) is 5.69 Å². The summed E-state index contributed by atoms with van der Waals surface area (Å²) in [5.74, 6) is 7.18. The van der Waals surface area contributed by atoms with Crippen LogP contribution in [0, 0.1) is 0 Å². The van der Waals surface area contributed by atoms with Gasteiger partial charge in [0.2, 0.25) is 11.1 Å². The Balaban J connectivity index is 1.64. The number of nitrogen functional groups attached to an aromatic ring is 1. The van der Waals surface area contributed by atoms with Crippen molar-refractivity contribution in [2.75, 3.05) is 16.9 Å². The first-order chi connectivity index (χ1) is 12.6. The zero-order valence-electron chi connectivity index (χ0n) is 14.7. The van der Waals surface area contributed by atoms with Crippen LogP contribution in [0.25, 0.3) is 10.7 Å². The number of nitrogens with two attached hydrogens (primary N) is 1. The maximum atomic E-state index is 12.4. The molecular weight excluding hydrogens is 366 g/mol. The van der Waals surface area contributed by atoms with Gasteiger partial charge >= 0.3 is 0 Å². The van der Waals surface area contributed by atoms with Crippen molar-refractivity contribution in [3.8, 4) is 10.7 Å². The third-order valence-corrected chi connectivity index (χ3v) is 5.93. The molecule has 0 bridgehead atoms. The quantitative estimate of drug-likeness (QED) is 0.473. The number of anilines is 1. The molecule has 0 aliphatic rings. The SMILES string of the molecule is CC[C@@H](C)c1ccccc1NC(=O)CSc1nnc(-c2cccs2)n1N. The molecule has 6 nitrogen and oxygen atoms in total. The number of thiophene rings is 1. The number of nitrogens with zero attached hydrogens (tertiary/aromatic N) is 3. The van der Waals surface area contributed by atoms with Gasteiger partial charge in [-0.3, -0.25) is 4.79 Å². The van der Waals surface area contributed by atoms with Gasteiger partial charge in [0.05, 0.1) is 10.6 Å². The van der Waals surface area contributed by atoms with Crippen LogP contribution in [-0.4, -0.2) is 26.5 Å². The van der Waals surface area contributed by atoms with E-state index in [2.05, 4.69) is 35.4 Å². The number of aromatic nitrogens is 3. The Morgan fingerprint density at radius 2 is 2.12 bits per heavy atom. The van der Waals surface area contributed by atoms with Gasteiger partial charge in [-0.05, 0) is 35.4 Å². The lowest BCUT2D eigenvalue weighted by Gasteiger charge is -2.15. The zero-order valence-corrected chi connectivity index (χ0v) is 16.3. The highest BCUT2D eigenvalue weighted by molar-refractivity contribution is 7.99. The fourth-order valence-electron chi connectivity index (χ4n) is 2.53. The molecule has 1 aromatic carbocycles. The van der Waals surface area contributed by atoms with Gasteiger partial charge in [0.15, 0.2) is 5.82 Å². The monoisotopic (exact) mass is 387 g/mol. The van der Waals surface area contributed by atoms with E-state index in [1.807, 2.05) is 35.7 Å². The number of amides is 1. The molecule has 3 aromatic rings. The van der Waals surface area contributed by atoms with Crippen molar-refractivity contribution >= 4 is 34.7 Å². The van der Waals surface area contributed by atoms with Crippen LogP contribution >= 0.6 is 23.1 Å². The van der Waals surface area contributed by atoms with Crippen LogP contribution in [0.4, 0.5) is 5.69 Å². The lowest BCUT2D eigenvalue weighted by molar-refractivity contribution is -0.113. The summed E-state index contributed by atoms with van der Waals surface area (Å²) in [7, 11) is 0. The van der Waals surface area contributed by atoms with E-state index in [0.717, 1.165) is 22.5 Å². The molecule has 1 amide bonds. The fraction of sp³-hybridized carbons (Fsp3) is 0.278. The number of thioether (sulfide) groups is 1. The Hall–Kier alpha value is -2.32. The third-order valence-electron chi connectivity index (χ3n) is 4.12. The molecule has 0 saturated carbocycles. The van der Waals surface area contributed by atoms with Crippen molar-refractivity contribution in [1.29, 1.82) is 0 Å². The normalized spacial score (nSPS) is 12.1. The number of rotatable bonds is 7. The van der Waals surface area contributed by atoms with Gasteiger partial charge in [-0.1, -0.05) is 49.9 Å². The number of carbonyl (C=O) groups is 1. The smallest absolute Gasteiger partial charge is 0.234 e. The Kier molecular flexibility index (Phi) is 5.95. The standard InChI is InChI=1S/C18H21N5OS2/c1-3-12(2)13-7-4-5-8-14(13)20-16(24)11-26-18-22-21-17(23(18)19)15-9-6-10-25-15/h4-10,12H,3,11,19H2,1-2H3,(H,20,24)/t12-/m1/s1. The molecule has 3 N–H and O–H groups in total. The van der Waals surface area contributed by atoms with Gasteiger partial charge in [-0.15, -0.1) is 21.5 Å². The summed E-state index contributed by atoms with van der Waals surface area (Å²) in [5, 5.41) is 13.7. The predicted molar refractivity (Wildman–Crippen MR) is 108 cm³/mol. The molecule has 0 fully saturated rings. The predicted octanol–water partition coefficient (Wildman–Crippen LogP) is 3.96. The van der Waals surface area contributed by atoms with E-state index in [9.17, 15) is 4.79 Å². The van der Waals surface area contributed by atoms with Gasteiger partial charge < -0.3 is 11.2 Å². The lowest BCUT2D eigenvalue weighted by atomic mass is 9.97. The minimum absolute atomic E-state index is 0.0913. The molecule has 26 heavy (non-hydrogen) atoms. The molecule has 3 rings (SSSR count). The molecule has 2 aromatic heterocycles. The van der Waals surface area contributed by atoms with Crippen molar-refractivity contribution in [2.24, 2.45) is 0 Å². The number of hydrogen-bond acceptors (Lipinski definition) is 6. The summed E-state index contributed by atoms with van der Waals surface area (Å²) in [4.78, 5) is 13.3. The van der Waals surface area contributed by atoms with Crippen molar-refractivity contribution in [3.05, 3.63) is 47.3 Å². The molecule has 0 saturated heterocycles. The van der Waals surface area contributed by atoms with Crippen molar-refractivity contribution < 1.29 is 4.79 Å². The second kappa shape index (κ2) is 8.37. The number of nitrogens with one attached hydrogen (secondary N) is 1. The van der Waals surface area contributed by atoms with Gasteiger partial charge in [-0.25, -0.2) is 4.68 Å². The van der Waals surface area contributed by atoms with Crippen LogP contribution < -0.4 is 11.2 Å². The summed E-state index contributed by atoms with van der Waals surface area (Å²) >= 11 is 2.81. The second-order valence-electron chi connectivity index (χ2n) is 5.89. The molecule has 2 heterocycles. The molecule has 8 heteroatoms. The van der Waals surface area contributed by atoms with E-state index in [0.29, 0.717) is 16.9 Å². The lowest BCUT2D eigenvalue weighted by Crippen LogP contribution is -2.17. The van der Waals surface area contributed by atoms with E-state index in [1.165, 1.54) is 16.4 Å². The fourth-order valence-corrected chi connectivity index (χ4v) is 3.89. The molecule has 0 aliphatic carbocycles. The van der Waals surface area contributed by atoms with Crippen LogP contribution in [-0.2, 0) is 4.79 Å². The van der Waals surface area contributed by atoms with E-state index >= 15 is 0 Å². The largest absolute Gasteiger partial charge is 0.335 e. The second-order valence-corrected chi connectivity index (χ2v) is 7.78. The average molecular weight is 388 g/mol. The van der Waals surface area contributed by atoms with Gasteiger partial charge in [0.1, 0.15) is 0 Å². The van der Waals surface area contributed by atoms with E-state index in [4.69, 9.17) is 5.84 Å². The Labute approximate surface area is 160 Å². The van der Waals surface area contributed by atoms with Crippen LogP contribution in [0.5, 0.6) is 0 Å². The Morgan fingerprint density at radius 1 is 1.31 bits per heavy atom. The summed E-state index contributed by atoms with van der Waals surface area (Å²) in [6, 6.07) is 11.8. The highest BCUT2D eigenvalue weighted by Gasteiger charge is 2.15. The van der Waals surface area contributed by atoms with Crippen LogP contribution in [0.1, 0.15) is 31.7 Å². The molecule has 0 unspecified atom stereocenters. The van der Waals surface area contributed by atoms with Gasteiger partial charge in [-0.2, -0.15) is 0 Å². The van der Waals surface area contributed by atoms with Crippen molar-refractivity contribution in [1.82, 2.24) is 14.9 Å². The minimum Gasteiger partial charge on any atom is -0.335 e. The molecular formula is C18H21N5OS2. The third kappa shape index (κ3) is 4.08. The molecule has 0 radical (unpaired) electrons. The first kappa shape index (κ1) is 18.5. The Morgan fingerprint density at radius 3 is 2.85 bits per heavy atom. The molecule has 136 valence electrons. The highest BCUT2D eigenvalue weighted by Crippen LogP contribution is 2.27. The first-order valence-corrected chi connectivity index (χ1v) is 10.2. The summed E-state index contributed by atoms with van der Waals surface area (Å²) in [5.41, 5.74) is 2.01. The molecule has 0 spiro atoms. The topological polar surface area (TPSA) is 85.8 Å². The zero-order chi connectivity index (χ0) is 18.5. The maximum Gasteiger partial charge on any atom is 0.234 e. The summed E-state index contributed by atoms with van der Waals surface area (Å²) in [6.07, 6.45) is 1.02. The maximum absolute atomic E-state index is 12.4. The van der Waals surface area contributed by atoms with E-state index in [1.54, 1.807) is 11.3 Å². The Bertz CT molecular complexity index is 876. The van der Waals surface area contributed by atoms with Crippen LogP contribution in [0.3, 0.4) is 0 Å². The number of benzene rings is 1. The van der Waals surface area contributed by atoms with Crippen LogP contribution in [0.2, 0.25) is 0 Å².